The summed E-state index contributed by atoms with van der Waals surface area (Å²) in [5.74, 6) is 1.84. The Hall–Kier alpha value is -3.26. The van der Waals surface area contributed by atoms with Gasteiger partial charge in [-0.2, -0.15) is 0 Å². The van der Waals surface area contributed by atoms with Gasteiger partial charge in [-0.15, -0.1) is 0 Å². The van der Waals surface area contributed by atoms with Crippen LogP contribution in [0.4, 0.5) is 5.69 Å². The minimum absolute atomic E-state index is 0.0698. The molecule has 0 aromatic carbocycles. The van der Waals surface area contributed by atoms with Crippen molar-refractivity contribution in [2.45, 2.75) is 11.6 Å². The summed E-state index contributed by atoms with van der Waals surface area (Å²) >= 11 is 1.46. The molecule has 1 amide bonds. The summed E-state index contributed by atoms with van der Waals surface area (Å²) in [5.41, 5.74) is 2.11. The van der Waals surface area contributed by atoms with E-state index in [1.807, 2.05) is 24.3 Å². The summed E-state index contributed by atoms with van der Waals surface area (Å²) < 4.78 is 11.0. The van der Waals surface area contributed by atoms with Crippen molar-refractivity contribution in [2.75, 3.05) is 11.1 Å². The zero-order valence-corrected chi connectivity index (χ0v) is 15.0. The van der Waals surface area contributed by atoms with E-state index in [0.29, 0.717) is 40.2 Å². The van der Waals surface area contributed by atoms with Crippen LogP contribution in [0.15, 0.2) is 75.3 Å². The Labute approximate surface area is 159 Å². The van der Waals surface area contributed by atoms with Crippen molar-refractivity contribution >= 4 is 23.4 Å². The third-order valence-electron chi connectivity index (χ3n) is 3.72. The number of aromatic nitrogens is 3. The van der Waals surface area contributed by atoms with E-state index in [0.717, 1.165) is 5.69 Å². The number of rotatable bonds is 7. The quantitative estimate of drug-likeness (QED) is 0.460. The lowest BCUT2D eigenvalue weighted by atomic mass is 10.2. The van der Waals surface area contributed by atoms with Gasteiger partial charge in [-0.1, -0.05) is 11.8 Å². The Morgan fingerprint density at radius 2 is 1.93 bits per heavy atom. The first-order valence-corrected chi connectivity index (χ1v) is 9.28. The van der Waals surface area contributed by atoms with Crippen molar-refractivity contribution in [1.82, 2.24) is 15.0 Å². The molecule has 4 rings (SSSR count). The van der Waals surface area contributed by atoms with Crippen LogP contribution in [0.5, 0.6) is 0 Å². The monoisotopic (exact) mass is 380 g/mol. The number of carbonyl (C=O) groups is 1. The fourth-order valence-electron chi connectivity index (χ4n) is 2.51. The first-order chi connectivity index (χ1) is 13.3. The average molecular weight is 380 g/mol. The van der Waals surface area contributed by atoms with E-state index in [-0.39, 0.29) is 5.91 Å². The van der Waals surface area contributed by atoms with Crippen LogP contribution < -0.4 is 5.32 Å². The third kappa shape index (κ3) is 4.12. The molecule has 0 spiro atoms. The molecule has 0 atom stereocenters. The normalized spacial score (nSPS) is 10.8. The Morgan fingerprint density at radius 1 is 1.11 bits per heavy atom. The Morgan fingerprint density at radius 3 is 2.63 bits per heavy atom. The predicted molar refractivity (Wildman–Crippen MR) is 102 cm³/mol. The van der Waals surface area contributed by atoms with Gasteiger partial charge in [0.05, 0.1) is 24.4 Å². The molecule has 4 heterocycles. The first kappa shape index (κ1) is 17.2. The van der Waals surface area contributed by atoms with Crippen LogP contribution in [-0.4, -0.2) is 26.6 Å². The van der Waals surface area contributed by atoms with Crippen molar-refractivity contribution in [3.8, 4) is 22.9 Å². The topological polar surface area (TPSA) is 97.0 Å². The molecular weight excluding hydrogens is 364 g/mol. The number of nitrogens with one attached hydrogen (secondary N) is 2. The van der Waals surface area contributed by atoms with Gasteiger partial charge >= 0.3 is 0 Å². The molecule has 0 aliphatic carbocycles. The number of furan rings is 2. The Bertz CT molecular complexity index is 943. The first-order valence-electron chi connectivity index (χ1n) is 8.30. The number of pyridine rings is 1. The average Bonchev–Trinajstić information content (AvgIpc) is 3.43. The number of hydrogen-bond acceptors (Lipinski definition) is 6. The summed E-state index contributed by atoms with van der Waals surface area (Å²) in [6.07, 6.45) is 6.84. The van der Waals surface area contributed by atoms with Crippen LogP contribution in [0.3, 0.4) is 0 Å². The predicted octanol–water partition coefficient (Wildman–Crippen LogP) is 4.45. The highest BCUT2D eigenvalue weighted by molar-refractivity contribution is 7.99. The molecule has 0 bridgehead atoms. The molecule has 136 valence electrons. The molecule has 0 radical (unpaired) electrons. The molecule has 0 saturated carbocycles. The minimum atomic E-state index is -0.0698. The summed E-state index contributed by atoms with van der Waals surface area (Å²) in [4.78, 5) is 23.9. The van der Waals surface area contributed by atoms with Gasteiger partial charge in [0.1, 0.15) is 11.4 Å². The van der Waals surface area contributed by atoms with Crippen LogP contribution in [0.1, 0.15) is 6.42 Å². The maximum Gasteiger partial charge on any atom is 0.225 e. The van der Waals surface area contributed by atoms with Gasteiger partial charge in [0.2, 0.25) is 5.91 Å². The third-order valence-corrected chi connectivity index (χ3v) is 4.59. The number of amides is 1. The van der Waals surface area contributed by atoms with Crippen molar-refractivity contribution in [3.05, 3.63) is 61.3 Å². The van der Waals surface area contributed by atoms with E-state index in [1.54, 1.807) is 37.1 Å². The lowest BCUT2D eigenvalue weighted by Gasteiger charge is -2.03. The second-order valence-electron chi connectivity index (χ2n) is 5.61. The number of aromatic amines is 1. The fourth-order valence-corrected chi connectivity index (χ4v) is 3.32. The lowest BCUT2D eigenvalue weighted by Crippen LogP contribution is -2.12. The van der Waals surface area contributed by atoms with E-state index in [9.17, 15) is 4.79 Å². The van der Waals surface area contributed by atoms with Crippen molar-refractivity contribution in [2.24, 2.45) is 0 Å². The second-order valence-corrected chi connectivity index (χ2v) is 6.69. The van der Waals surface area contributed by atoms with E-state index < -0.39 is 0 Å². The molecule has 8 heteroatoms. The molecule has 2 N–H and O–H groups in total. The fraction of sp³-hybridized carbons (Fsp3) is 0.105. The summed E-state index contributed by atoms with van der Waals surface area (Å²) in [6.45, 7) is 0. The minimum Gasteiger partial charge on any atom is -0.463 e. The molecule has 0 unspecified atom stereocenters. The molecule has 7 nitrogen and oxygen atoms in total. The summed E-state index contributed by atoms with van der Waals surface area (Å²) in [6, 6.07) is 10.9. The van der Waals surface area contributed by atoms with Crippen molar-refractivity contribution in [1.29, 1.82) is 0 Å². The van der Waals surface area contributed by atoms with Crippen LogP contribution in [0, 0.1) is 0 Å². The Balaban J connectivity index is 1.42. The SMILES string of the molecule is O=C(CCSc1nc(-c2ccco2)c(-c2ccco2)[nH]1)Nc1cccnc1. The number of H-pyrrole nitrogens is 1. The van der Waals surface area contributed by atoms with Crippen LogP contribution in [0.2, 0.25) is 0 Å². The standard InChI is InChI=1S/C19H16N4O3S/c24-16(21-13-4-1-8-20-12-13)7-11-27-19-22-17(14-5-2-9-25-14)18(23-19)15-6-3-10-26-15/h1-6,8-10,12H,7,11H2,(H,21,24)(H,22,23). The van der Waals surface area contributed by atoms with Crippen LogP contribution in [0.25, 0.3) is 22.9 Å². The van der Waals surface area contributed by atoms with Crippen molar-refractivity contribution < 1.29 is 13.6 Å². The number of anilines is 1. The lowest BCUT2D eigenvalue weighted by molar-refractivity contribution is -0.115. The smallest absolute Gasteiger partial charge is 0.225 e. The zero-order valence-electron chi connectivity index (χ0n) is 14.2. The number of hydrogen-bond donors (Lipinski definition) is 2. The van der Waals surface area contributed by atoms with Crippen molar-refractivity contribution in [3.63, 3.8) is 0 Å². The van der Waals surface area contributed by atoms with Gasteiger partial charge < -0.3 is 19.1 Å². The van der Waals surface area contributed by atoms with E-state index in [4.69, 9.17) is 8.83 Å². The van der Waals surface area contributed by atoms with E-state index in [2.05, 4.69) is 20.3 Å². The van der Waals surface area contributed by atoms with Gasteiger partial charge in [0.25, 0.3) is 0 Å². The molecule has 0 fully saturated rings. The van der Waals surface area contributed by atoms with E-state index in [1.165, 1.54) is 11.8 Å². The Kier molecular flexibility index (Phi) is 5.06. The highest BCUT2D eigenvalue weighted by atomic mass is 32.2. The highest BCUT2D eigenvalue weighted by Crippen LogP contribution is 2.33. The maximum atomic E-state index is 12.0. The molecule has 27 heavy (non-hydrogen) atoms. The van der Waals surface area contributed by atoms with Gasteiger partial charge in [0.15, 0.2) is 16.7 Å². The summed E-state index contributed by atoms with van der Waals surface area (Å²) in [7, 11) is 0. The molecule has 0 saturated heterocycles. The number of carbonyl (C=O) groups excluding carboxylic acids is 1. The van der Waals surface area contributed by atoms with Crippen LogP contribution in [-0.2, 0) is 4.79 Å². The molecule has 0 aliphatic heterocycles. The maximum absolute atomic E-state index is 12.0. The molecule has 0 aliphatic rings. The van der Waals surface area contributed by atoms with Gasteiger partial charge in [-0.3, -0.25) is 9.78 Å². The second kappa shape index (κ2) is 7.96. The number of nitrogens with zero attached hydrogens (tertiary/aromatic N) is 2. The van der Waals surface area contributed by atoms with Crippen LogP contribution >= 0.6 is 11.8 Å². The molecule has 4 aromatic rings. The molecular formula is C19H16N4O3S. The van der Waals surface area contributed by atoms with Gasteiger partial charge in [0, 0.05) is 18.4 Å². The van der Waals surface area contributed by atoms with Gasteiger partial charge in [-0.25, -0.2) is 4.98 Å². The zero-order chi connectivity index (χ0) is 18.5. The highest BCUT2D eigenvalue weighted by Gasteiger charge is 2.18. The van der Waals surface area contributed by atoms with Gasteiger partial charge in [-0.05, 0) is 36.4 Å². The number of imidazole rings is 1. The van der Waals surface area contributed by atoms with E-state index >= 15 is 0 Å². The molecule has 4 aromatic heterocycles. The summed E-state index contributed by atoms with van der Waals surface area (Å²) in [5, 5.41) is 3.51. The largest absolute Gasteiger partial charge is 0.463 e. The number of thioether (sulfide) groups is 1.